The number of rotatable bonds is 3. The van der Waals surface area contributed by atoms with Gasteiger partial charge in [0.25, 0.3) is 0 Å². The summed E-state index contributed by atoms with van der Waals surface area (Å²) in [5, 5.41) is 0. The number of benzene rings is 1. The molecule has 2 aliphatic rings. The minimum atomic E-state index is 0.449. The molecule has 3 rings (SSSR count). The molecule has 3 heteroatoms. The first-order valence-corrected chi connectivity index (χ1v) is 7.17. The van der Waals surface area contributed by atoms with Crippen LogP contribution in [0.25, 0.3) is 0 Å². The van der Waals surface area contributed by atoms with Gasteiger partial charge in [0.05, 0.1) is 12.6 Å². The lowest BCUT2D eigenvalue weighted by Crippen LogP contribution is -2.30. The SMILES string of the molecule is CCc1ccc(OC2=CC3=NCC(C)N3C=C2)c(C)c1. The fourth-order valence-electron chi connectivity index (χ4n) is 2.53. The van der Waals surface area contributed by atoms with Gasteiger partial charge >= 0.3 is 0 Å². The van der Waals surface area contributed by atoms with E-state index in [-0.39, 0.29) is 0 Å². The molecule has 0 amide bonds. The topological polar surface area (TPSA) is 24.8 Å². The van der Waals surface area contributed by atoms with Crippen LogP contribution in [0.3, 0.4) is 0 Å². The van der Waals surface area contributed by atoms with Gasteiger partial charge < -0.3 is 9.64 Å². The number of hydrogen-bond donors (Lipinski definition) is 0. The first-order chi connectivity index (χ1) is 9.67. The summed E-state index contributed by atoms with van der Waals surface area (Å²) in [6, 6.07) is 6.80. The molecule has 0 spiro atoms. The van der Waals surface area contributed by atoms with Crippen LogP contribution in [0.1, 0.15) is 25.0 Å². The molecule has 1 unspecified atom stereocenters. The summed E-state index contributed by atoms with van der Waals surface area (Å²) in [5.74, 6) is 2.76. The second kappa shape index (κ2) is 5.16. The Kier molecular flexibility index (Phi) is 3.35. The van der Waals surface area contributed by atoms with Crippen molar-refractivity contribution in [1.29, 1.82) is 0 Å². The molecule has 3 nitrogen and oxygen atoms in total. The molecule has 2 aliphatic heterocycles. The number of amidine groups is 1. The van der Waals surface area contributed by atoms with E-state index in [1.807, 2.05) is 18.2 Å². The van der Waals surface area contributed by atoms with Crippen molar-refractivity contribution < 1.29 is 4.74 Å². The average molecular weight is 268 g/mol. The normalized spacial score (nSPS) is 20.6. The number of nitrogens with zero attached hydrogens (tertiary/aromatic N) is 2. The maximum Gasteiger partial charge on any atom is 0.132 e. The van der Waals surface area contributed by atoms with E-state index in [4.69, 9.17) is 4.74 Å². The average Bonchev–Trinajstić information content (AvgIpc) is 2.82. The Labute approximate surface area is 120 Å². The standard InChI is InChI=1S/C17H20N2O/c1-4-14-5-6-16(12(2)9-14)20-15-7-8-19-13(3)11-18-17(19)10-15/h5-10,13H,4,11H2,1-3H3. The Morgan fingerprint density at radius 2 is 2.25 bits per heavy atom. The second-order valence-electron chi connectivity index (χ2n) is 5.37. The Morgan fingerprint density at radius 1 is 1.40 bits per heavy atom. The highest BCUT2D eigenvalue weighted by Crippen LogP contribution is 2.25. The van der Waals surface area contributed by atoms with E-state index in [1.165, 1.54) is 11.1 Å². The number of aryl methyl sites for hydroxylation is 2. The Morgan fingerprint density at radius 3 is 3.00 bits per heavy atom. The van der Waals surface area contributed by atoms with Gasteiger partial charge in [-0.3, -0.25) is 4.99 Å². The van der Waals surface area contributed by atoms with Gasteiger partial charge in [0.15, 0.2) is 0 Å². The number of hydrogen-bond acceptors (Lipinski definition) is 3. The van der Waals surface area contributed by atoms with Crippen LogP contribution < -0.4 is 4.74 Å². The molecule has 1 aromatic rings. The molecule has 0 fully saturated rings. The fourth-order valence-corrected chi connectivity index (χ4v) is 2.53. The molecule has 0 aromatic heterocycles. The van der Waals surface area contributed by atoms with Crippen molar-refractivity contribution in [2.45, 2.75) is 33.2 Å². The molecule has 0 aliphatic carbocycles. The van der Waals surface area contributed by atoms with Crippen molar-refractivity contribution in [3.8, 4) is 5.75 Å². The third-order valence-corrected chi connectivity index (χ3v) is 3.80. The van der Waals surface area contributed by atoms with Crippen LogP contribution in [-0.4, -0.2) is 23.3 Å². The van der Waals surface area contributed by atoms with Gasteiger partial charge in [-0.1, -0.05) is 19.1 Å². The van der Waals surface area contributed by atoms with E-state index >= 15 is 0 Å². The largest absolute Gasteiger partial charge is 0.457 e. The van der Waals surface area contributed by atoms with Crippen molar-refractivity contribution in [2.24, 2.45) is 4.99 Å². The van der Waals surface area contributed by atoms with E-state index in [0.29, 0.717) is 6.04 Å². The zero-order valence-electron chi connectivity index (χ0n) is 12.3. The highest BCUT2D eigenvalue weighted by atomic mass is 16.5. The van der Waals surface area contributed by atoms with Gasteiger partial charge in [-0.15, -0.1) is 0 Å². The maximum atomic E-state index is 6.00. The van der Waals surface area contributed by atoms with Gasteiger partial charge in [-0.25, -0.2) is 0 Å². The summed E-state index contributed by atoms with van der Waals surface area (Å²) in [5.41, 5.74) is 2.51. The molecule has 1 aromatic carbocycles. The highest BCUT2D eigenvalue weighted by Gasteiger charge is 2.23. The third-order valence-electron chi connectivity index (χ3n) is 3.80. The first-order valence-electron chi connectivity index (χ1n) is 7.17. The van der Waals surface area contributed by atoms with Crippen molar-refractivity contribution in [3.05, 3.63) is 53.4 Å². The molecular weight excluding hydrogens is 248 g/mol. The molecule has 0 saturated carbocycles. The van der Waals surface area contributed by atoms with E-state index in [9.17, 15) is 0 Å². The van der Waals surface area contributed by atoms with Gasteiger partial charge in [-0.05, 0) is 43.5 Å². The smallest absolute Gasteiger partial charge is 0.132 e. The third kappa shape index (κ3) is 2.36. The Bertz CT molecular complexity index is 613. The molecule has 2 heterocycles. The number of fused-ring (bicyclic) bond motifs is 1. The number of aliphatic imine (C=N–C) groups is 1. The summed E-state index contributed by atoms with van der Waals surface area (Å²) in [4.78, 5) is 6.70. The van der Waals surface area contributed by atoms with Gasteiger partial charge in [0.1, 0.15) is 17.3 Å². The maximum absolute atomic E-state index is 6.00. The lowest BCUT2D eigenvalue weighted by atomic mass is 10.1. The van der Waals surface area contributed by atoms with Crippen LogP contribution in [0.15, 0.2) is 47.3 Å². The van der Waals surface area contributed by atoms with E-state index in [2.05, 4.69) is 49.0 Å². The van der Waals surface area contributed by atoms with Crippen LogP contribution in [0.2, 0.25) is 0 Å². The predicted molar refractivity (Wildman–Crippen MR) is 82.0 cm³/mol. The van der Waals surface area contributed by atoms with Crippen LogP contribution in [0.4, 0.5) is 0 Å². The summed E-state index contributed by atoms with van der Waals surface area (Å²) >= 11 is 0. The Hall–Kier alpha value is -2.03. The molecule has 20 heavy (non-hydrogen) atoms. The van der Waals surface area contributed by atoms with Crippen LogP contribution >= 0.6 is 0 Å². The van der Waals surface area contributed by atoms with Gasteiger partial charge in [-0.2, -0.15) is 0 Å². The minimum Gasteiger partial charge on any atom is -0.457 e. The Balaban J connectivity index is 1.79. The quantitative estimate of drug-likeness (QED) is 0.838. The minimum absolute atomic E-state index is 0.449. The van der Waals surface area contributed by atoms with Crippen molar-refractivity contribution in [1.82, 2.24) is 4.90 Å². The van der Waals surface area contributed by atoms with E-state index < -0.39 is 0 Å². The summed E-state index contributed by atoms with van der Waals surface area (Å²) in [6.07, 6.45) is 7.12. The molecular formula is C17H20N2O. The second-order valence-corrected chi connectivity index (χ2v) is 5.37. The van der Waals surface area contributed by atoms with Crippen molar-refractivity contribution in [3.63, 3.8) is 0 Å². The first kappa shape index (κ1) is 13.0. The zero-order valence-corrected chi connectivity index (χ0v) is 12.3. The van der Waals surface area contributed by atoms with E-state index in [1.54, 1.807) is 0 Å². The van der Waals surface area contributed by atoms with Crippen molar-refractivity contribution in [2.75, 3.05) is 6.54 Å². The van der Waals surface area contributed by atoms with Crippen LogP contribution in [-0.2, 0) is 6.42 Å². The van der Waals surface area contributed by atoms with Crippen LogP contribution in [0.5, 0.6) is 5.75 Å². The van der Waals surface area contributed by atoms with E-state index in [0.717, 1.165) is 30.3 Å². The molecule has 0 radical (unpaired) electrons. The zero-order chi connectivity index (χ0) is 14.1. The van der Waals surface area contributed by atoms with Gasteiger partial charge in [0, 0.05) is 12.3 Å². The van der Waals surface area contributed by atoms with Crippen molar-refractivity contribution >= 4 is 5.84 Å². The lowest BCUT2D eigenvalue weighted by molar-refractivity contribution is 0.424. The number of allylic oxidation sites excluding steroid dienone is 1. The molecule has 0 bridgehead atoms. The van der Waals surface area contributed by atoms with Crippen LogP contribution in [0, 0.1) is 6.92 Å². The number of ether oxygens (including phenoxy) is 1. The molecule has 0 saturated heterocycles. The predicted octanol–water partition coefficient (Wildman–Crippen LogP) is 3.45. The lowest BCUT2D eigenvalue weighted by Gasteiger charge is -2.23. The van der Waals surface area contributed by atoms with Gasteiger partial charge in [0.2, 0.25) is 0 Å². The fraction of sp³-hybridized carbons (Fsp3) is 0.353. The molecule has 0 N–H and O–H groups in total. The highest BCUT2D eigenvalue weighted by molar-refractivity contribution is 5.97. The summed E-state index contributed by atoms with van der Waals surface area (Å²) < 4.78 is 6.00. The summed E-state index contributed by atoms with van der Waals surface area (Å²) in [7, 11) is 0. The molecule has 1 atom stereocenters. The summed E-state index contributed by atoms with van der Waals surface area (Å²) in [6.45, 7) is 7.28. The monoisotopic (exact) mass is 268 g/mol. The molecule has 104 valence electrons.